The lowest BCUT2D eigenvalue weighted by Gasteiger charge is -2.10. The van der Waals surface area contributed by atoms with Gasteiger partial charge in [-0.05, 0) is 18.2 Å². The van der Waals surface area contributed by atoms with E-state index in [4.69, 9.17) is 5.11 Å². The predicted molar refractivity (Wildman–Crippen MR) is 58.1 cm³/mol. The minimum absolute atomic E-state index is 0.0171. The molecule has 1 aromatic heterocycles. The molecule has 0 fully saturated rings. The Morgan fingerprint density at radius 3 is 2.67 bits per heavy atom. The number of halogens is 3. The molecule has 2 aromatic rings. The molecule has 0 unspecified atom stereocenters. The van der Waals surface area contributed by atoms with Crippen molar-refractivity contribution in [2.45, 2.75) is 12.7 Å². The summed E-state index contributed by atoms with van der Waals surface area (Å²) < 4.78 is 38.7. The van der Waals surface area contributed by atoms with Crippen molar-refractivity contribution in [3.05, 3.63) is 40.3 Å². The van der Waals surface area contributed by atoms with Gasteiger partial charge in [0.05, 0.1) is 29.4 Å². The van der Waals surface area contributed by atoms with E-state index in [9.17, 15) is 18.0 Å². The van der Waals surface area contributed by atoms with Crippen LogP contribution in [0.3, 0.4) is 0 Å². The van der Waals surface area contributed by atoms with Crippen molar-refractivity contribution in [2.75, 3.05) is 6.61 Å². The van der Waals surface area contributed by atoms with E-state index >= 15 is 0 Å². The maximum Gasteiger partial charge on any atom is 0.416 e. The second-order valence-corrected chi connectivity index (χ2v) is 3.67. The van der Waals surface area contributed by atoms with Crippen LogP contribution in [0.25, 0.3) is 11.0 Å². The Bertz CT molecular complexity index is 634. The molecule has 0 radical (unpaired) electrons. The van der Waals surface area contributed by atoms with Crippen LogP contribution in [0, 0.1) is 0 Å². The SMILES string of the molecule is O=c1cnc2cc(C(F)(F)F)ccc2n1CCO. The third kappa shape index (κ3) is 2.21. The van der Waals surface area contributed by atoms with E-state index in [1.54, 1.807) is 0 Å². The number of hydrogen-bond donors (Lipinski definition) is 1. The van der Waals surface area contributed by atoms with Crippen LogP contribution >= 0.6 is 0 Å². The summed E-state index contributed by atoms with van der Waals surface area (Å²) in [4.78, 5) is 15.2. The van der Waals surface area contributed by atoms with Gasteiger partial charge in [0.2, 0.25) is 0 Å². The van der Waals surface area contributed by atoms with Gasteiger partial charge in [-0.25, -0.2) is 4.98 Å². The van der Waals surface area contributed by atoms with Crippen molar-refractivity contribution in [1.82, 2.24) is 9.55 Å². The summed E-state index contributed by atoms with van der Waals surface area (Å²) in [6.45, 7) is -0.261. The molecule has 0 aliphatic rings. The number of aliphatic hydroxyl groups is 1. The zero-order valence-corrected chi connectivity index (χ0v) is 9.11. The molecule has 96 valence electrons. The molecule has 1 heterocycles. The number of hydrogen-bond acceptors (Lipinski definition) is 3. The second-order valence-electron chi connectivity index (χ2n) is 3.67. The van der Waals surface area contributed by atoms with Crippen molar-refractivity contribution < 1.29 is 18.3 Å². The molecule has 0 saturated heterocycles. The monoisotopic (exact) mass is 258 g/mol. The van der Waals surface area contributed by atoms with Gasteiger partial charge in [0.15, 0.2) is 0 Å². The summed E-state index contributed by atoms with van der Waals surface area (Å²) in [5.74, 6) is 0. The van der Waals surface area contributed by atoms with Crippen molar-refractivity contribution in [3.8, 4) is 0 Å². The number of aliphatic hydroxyl groups excluding tert-OH is 1. The van der Waals surface area contributed by atoms with E-state index in [-0.39, 0.29) is 24.2 Å². The summed E-state index contributed by atoms with van der Waals surface area (Å²) >= 11 is 0. The van der Waals surface area contributed by atoms with Crippen LogP contribution < -0.4 is 5.56 Å². The molecule has 4 nitrogen and oxygen atoms in total. The number of aromatic nitrogens is 2. The Balaban J connectivity index is 2.67. The van der Waals surface area contributed by atoms with E-state index in [1.165, 1.54) is 10.6 Å². The molecular formula is C11H9F3N2O2. The maximum atomic E-state index is 12.5. The normalized spacial score (nSPS) is 12.0. The minimum Gasteiger partial charge on any atom is -0.395 e. The molecule has 0 amide bonds. The van der Waals surface area contributed by atoms with Gasteiger partial charge in [-0.1, -0.05) is 0 Å². The molecule has 0 spiro atoms. The highest BCUT2D eigenvalue weighted by molar-refractivity contribution is 5.75. The first-order valence-corrected chi connectivity index (χ1v) is 5.11. The molecule has 0 bridgehead atoms. The van der Waals surface area contributed by atoms with E-state index in [0.717, 1.165) is 18.3 Å². The van der Waals surface area contributed by atoms with E-state index in [0.29, 0.717) is 0 Å². The summed E-state index contributed by atoms with van der Waals surface area (Å²) in [6.07, 6.45) is -3.51. The molecule has 1 aromatic carbocycles. The van der Waals surface area contributed by atoms with Crippen molar-refractivity contribution in [1.29, 1.82) is 0 Å². The van der Waals surface area contributed by atoms with E-state index in [2.05, 4.69) is 4.98 Å². The smallest absolute Gasteiger partial charge is 0.395 e. The quantitative estimate of drug-likeness (QED) is 0.886. The molecule has 18 heavy (non-hydrogen) atoms. The van der Waals surface area contributed by atoms with Gasteiger partial charge in [-0.15, -0.1) is 0 Å². The van der Waals surface area contributed by atoms with Gasteiger partial charge in [-0.3, -0.25) is 4.79 Å². The Kier molecular flexibility index (Phi) is 3.08. The van der Waals surface area contributed by atoms with Crippen LogP contribution in [0.15, 0.2) is 29.2 Å². The fourth-order valence-corrected chi connectivity index (χ4v) is 1.68. The fourth-order valence-electron chi connectivity index (χ4n) is 1.68. The Hall–Kier alpha value is -1.89. The minimum atomic E-state index is -4.45. The third-order valence-electron chi connectivity index (χ3n) is 2.50. The molecule has 2 rings (SSSR count). The van der Waals surface area contributed by atoms with Crippen molar-refractivity contribution in [2.24, 2.45) is 0 Å². The highest BCUT2D eigenvalue weighted by Crippen LogP contribution is 2.30. The van der Waals surface area contributed by atoms with Crippen molar-refractivity contribution >= 4 is 11.0 Å². The van der Waals surface area contributed by atoms with Crippen LogP contribution in [-0.2, 0) is 12.7 Å². The second kappa shape index (κ2) is 4.41. The number of nitrogens with zero attached hydrogens (tertiary/aromatic N) is 2. The zero-order valence-electron chi connectivity index (χ0n) is 9.11. The average Bonchev–Trinajstić information content (AvgIpc) is 2.31. The van der Waals surface area contributed by atoms with Crippen LogP contribution in [0.2, 0.25) is 0 Å². The molecule has 0 aliphatic heterocycles. The van der Waals surface area contributed by atoms with Gasteiger partial charge < -0.3 is 9.67 Å². The summed E-state index contributed by atoms with van der Waals surface area (Å²) in [7, 11) is 0. The zero-order chi connectivity index (χ0) is 13.3. The first-order chi connectivity index (χ1) is 8.43. The molecular weight excluding hydrogens is 249 g/mol. The number of alkyl halides is 3. The number of benzene rings is 1. The highest BCUT2D eigenvalue weighted by atomic mass is 19.4. The van der Waals surface area contributed by atoms with Crippen LogP contribution in [-0.4, -0.2) is 21.3 Å². The molecule has 0 saturated carbocycles. The third-order valence-corrected chi connectivity index (χ3v) is 2.50. The lowest BCUT2D eigenvalue weighted by molar-refractivity contribution is -0.137. The van der Waals surface area contributed by atoms with Gasteiger partial charge in [0.25, 0.3) is 5.56 Å². The molecule has 0 atom stereocenters. The summed E-state index contributed by atoms with van der Waals surface area (Å²) in [5.41, 5.74) is -0.949. The molecule has 7 heteroatoms. The average molecular weight is 258 g/mol. The van der Waals surface area contributed by atoms with Gasteiger partial charge in [0, 0.05) is 6.54 Å². The van der Waals surface area contributed by atoms with Crippen LogP contribution in [0.4, 0.5) is 13.2 Å². The first kappa shape index (κ1) is 12.6. The standard InChI is InChI=1S/C11H9F3N2O2/c12-11(13,14)7-1-2-9-8(5-7)15-6-10(18)16(9)3-4-17/h1-2,5-6,17H,3-4H2. The Morgan fingerprint density at radius 1 is 1.33 bits per heavy atom. The Labute approximate surface area is 99.3 Å². The molecule has 1 N–H and O–H groups in total. The lowest BCUT2D eigenvalue weighted by atomic mass is 10.2. The van der Waals surface area contributed by atoms with Gasteiger partial charge >= 0.3 is 6.18 Å². The maximum absolute atomic E-state index is 12.5. The Morgan fingerprint density at radius 2 is 2.06 bits per heavy atom. The number of fused-ring (bicyclic) bond motifs is 1. The lowest BCUT2D eigenvalue weighted by Crippen LogP contribution is -2.22. The first-order valence-electron chi connectivity index (χ1n) is 5.11. The van der Waals surface area contributed by atoms with E-state index in [1.807, 2.05) is 0 Å². The highest BCUT2D eigenvalue weighted by Gasteiger charge is 2.30. The summed E-state index contributed by atoms with van der Waals surface area (Å²) in [6, 6.07) is 2.95. The van der Waals surface area contributed by atoms with Crippen molar-refractivity contribution in [3.63, 3.8) is 0 Å². The molecule has 0 aliphatic carbocycles. The predicted octanol–water partition coefficient (Wildman–Crippen LogP) is 1.41. The van der Waals surface area contributed by atoms with Crippen LogP contribution in [0.5, 0.6) is 0 Å². The van der Waals surface area contributed by atoms with Gasteiger partial charge in [0.1, 0.15) is 0 Å². The summed E-state index contributed by atoms with van der Waals surface area (Å²) in [5, 5.41) is 8.83. The topological polar surface area (TPSA) is 55.1 Å². The van der Waals surface area contributed by atoms with Crippen LogP contribution in [0.1, 0.15) is 5.56 Å². The van der Waals surface area contributed by atoms with Gasteiger partial charge in [-0.2, -0.15) is 13.2 Å². The number of rotatable bonds is 2. The fraction of sp³-hybridized carbons (Fsp3) is 0.273. The largest absolute Gasteiger partial charge is 0.416 e. The van der Waals surface area contributed by atoms with E-state index < -0.39 is 17.3 Å².